The van der Waals surface area contributed by atoms with E-state index in [1.54, 1.807) is 11.1 Å². The highest BCUT2D eigenvalue weighted by Crippen LogP contribution is 2.33. The zero-order chi connectivity index (χ0) is 7.68. The molecule has 0 saturated heterocycles. The molecule has 0 bridgehead atoms. The summed E-state index contributed by atoms with van der Waals surface area (Å²) in [5.41, 5.74) is 3.21. The Morgan fingerprint density at radius 2 is 1.73 bits per heavy atom. The van der Waals surface area contributed by atoms with Crippen molar-refractivity contribution in [2.24, 2.45) is 0 Å². The first-order chi connectivity index (χ1) is 5.40. The third-order valence-electron chi connectivity index (χ3n) is 2.70. The van der Waals surface area contributed by atoms with Crippen LogP contribution < -0.4 is 5.32 Å². The molecule has 0 heterocycles. The van der Waals surface area contributed by atoms with Gasteiger partial charge in [0.05, 0.1) is 0 Å². The number of hydrogen-bond donors (Lipinski definition) is 1. The van der Waals surface area contributed by atoms with Crippen LogP contribution in [0.5, 0.6) is 0 Å². The van der Waals surface area contributed by atoms with Gasteiger partial charge >= 0.3 is 0 Å². The Hall–Kier alpha value is -0.560. The molecule has 0 spiro atoms. The summed E-state index contributed by atoms with van der Waals surface area (Å²) in [5.74, 6) is 0. The van der Waals surface area contributed by atoms with E-state index in [0.717, 1.165) is 0 Å². The van der Waals surface area contributed by atoms with Gasteiger partial charge in [-0.3, -0.25) is 0 Å². The minimum Gasteiger partial charge on any atom is -0.316 e. The largest absolute Gasteiger partial charge is 0.316 e. The Labute approximate surface area is 68.2 Å². The second kappa shape index (κ2) is 2.82. The standard InChI is InChI=1S/C10H15N/c1-11-10-6-8-4-2-3-5-9(8)7-10/h4-5,10-11H,2-3,6-7H2,1H3. The normalized spacial score (nSPS) is 24.5. The highest BCUT2D eigenvalue weighted by molar-refractivity contribution is 5.39. The Morgan fingerprint density at radius 1 is 1.18 bits per heavy atom. The number of nitrogens with one attached hydrogen (secondary N) is 1. The number of fused-ring (bicyclic) bond motifs is 1. The van der Waals surface area contributed by atoms with Gasteiger partial charge in [-0.15, -0.1) is 0 Å². The maximum atomic E-state index is 3.34. The molecule has 0 aliphatic heterocycles. The van der Waals surface area contributed by atoms with E-state index in [9.17, 15) is 0 Å². The molecule has 0 aromatic heterocycles. The van der Waals surface area contributed by atoms with Crippen LogP contribution in [-0.4, -0.2) is 13.1 Å². The molecule has 2 aliphatic rings. The van der Waals surface area contributed by atoms with Gasteiger partial charge in [0, 0.05) is 6.04 Å². The van der Waals surface area contributed by atoms with E-state index in [1.165, 1.54) is 25.7 Å². The van der Waals surface area contributed by atoms with Crippen LogP contribution in [0.25, 0.3) is 0 Å². The third kappa shape index (κ3) is 1.25. The van der Waals surface area contributed by atoms with Crippen LogP contribution in [-0.2, 0) is 0 Å². The van der Waals surface area contributed by atoms with Crippen LogP contribution in [0.15, 0.2) is 23.3 Å². The van der Waals surface area contributed by atoms with Crippen LogP contribution in [0.1, 0.15) is 25.7 Å². The van der Waals surface area contributed by atoms with Crippen molar-refractivity contribution in [3.05, 3.63) is 23.3 Å². The molecule has 0 amide bonds. The maximum absolute atomic E-state index is 3.34. The summed E-state index contributed by atoms with van der Waals surface area (Å²) < 4.78 is 0. The molecule has 1 heteroatoms. The number of rotatable bonds is 1. The number of hydrogen-bond acceptors (Lipinski definition) is 1. The van der Waals surface area contributed by atoms with Gasteiger partial charge in [-0.1, -0.05) is 12.2 Å². The van der Waals surface area contributed by atoms with Crippen LogP contribution in [0.2, 0.25) is 0 Å². The molecule has 2 rings (SSSR count). The summed E-state index contributed by atoms with van der Waals surface area (Å²) in [5, 5.41) is 3.34. The van der Waals surface area contributed by atoms with E-state index in [1.807, 2.05) is 0 Å². The predicted molar refractivity (Wildman–Crippen MR) is 47.5 cm³/mol. The summed E-state index contributed by atoms with van der Waals surface area (Å²) in [6.07, 6.45) is 9.84. The minimum absolute atomic E-state index is 0.714. The van der Waals surface area contributed by atoms with Crippen molar-refractivity contribution in [1.82, 2.24) is 5.32 Å². The van der Waals surface area contributed by atoms with Crippen LogP contribution in [0, 0.1) is 0 Å². The molecule has 0 radical (unpaired) electrons. The zero-order valence-corrected chi connectivity index (χ0v) is 7.06. The molecule has 60 valence electrons. The Kier molecular flexibility index (Phi) is 1.82. The fourth-order valence-corrected chi connectivity index (χ4v) is 2.01. The molecule has 1 nitrogen and oxygen atoms in total. The van der Waals surface area contributed by atoms with E-state index in [4.69, 9.17) is 0 Å². The van der Waals surface area contributed by atoms with Gasteiger partial charge in [-0.25, -0.2) is 0 Å². The van der Waals surface area contributed by atoms with Crippen LogP contribution >= 0.6 is 0 Å². The van der Waals surface area contributed by atoms with Crippen LogP contribution in [0.4, 0.5) is 0 Å². The fraction of sp³-hybridized carbons (Fsp3) is 0.600. The van der Waals surface area contributed by atoms with Crippen molar-refractivity contribution >= 4 is 0 Å². The van der Waals surface area contributed by atoms with Crippen molar-refractivity contribution < 1.29 is 0 Å². The van der Waals surface area contributed by atoms with Crippen molar-refractivity contribution in [3.8, 4) is 0 Å². The minimum atomic E-state index is 0.714. The lowest BCUT2D eigenvalue weighted by Crippen LogP contribution is -2.20. The SMILES string of the molecule is CNC1CC2=CCCC=C2C1. The molecular weight excluding hydrogens is 134 g/mol. The molecule has 0 atom stereocenters. The molecule has 0 unspecified atom stereocenters. The predicted octanol–water partition coefficient (Wildman–Crippen LogP) is 2.01. The van der Waals surface area contributed by atoms with E-state index in [-0.39, 0.29) is 0 Å². The second-order valence-corrected chi connectivity index (χ2v) is 3.43. The van der Waals surface area contributed by atoms with Crippen LogP contribution in [0.3, 0.4) is 0 Å². The molecule has 11 heavy (non-hydrogen) atoms. The Balaban J connectivity index is 2.15. The van der Waals surface area contributed by atoms with Gasteiger partial charge in [-0.05, 0) is 43.9 Å². The maximum Gasteiger partial charge on any atom is 0.0145 e. The third-order valence-corrected chi connectivity index (χ3v) is 2.70. The molecule has 0 aromatic carbocycles. The van der Waals surface area contributed by atoms with Crippen molar-refractivity contribution in [1.29, 1.82) is 0 Å². The molecule has 1 fully saturated rings. The lowest BCUT2D eigenvalue weighted by Gasteiger charge is -2.05. The zero-order valence-electron chi connectivity index (χ0n) is 7.06. The van der Waals surface area contributed by atoms with Gasteiger partial charge in [0.1, 0.15) is 0 Å². The van der Waals surface area contributed by atoms with Gasteiger partial charge in [-0.2, -0.15) is 0 Å². The lowest BCUT2D eigenvalue weighted by atomic mass is 10.0. The smallest absolute Gasteiger partial charge is 0.0145 e. The van der Waals surface area contributed by atoms with Gasteiger partial charge in [0.15, 0.2) is 0 Å². The summed E-state index contributed by atoms with van der Waals surface area (Å²) in [4.78, 5) is 0. The van der Waals surface area contributed by atoms with Gasteiger partial charge < -0.3 is 5.32 Å². The highest BCUT2D eigenvalue weighted by Gasteiger charge is 2.22. The highest BCUT2D eigenvalue weighted by atomic mass is 14.9. The quantitative estimate of drug-likeness (QED) is 0.601. The first-order valence-electron chi connectivity index (χ1n) is 4.46. The molecule has 1 N–H and O–H groups in total. The molecule has 0 aromatic rings. The average molecular weight is 149 g/mol. The number of allylic oxidation sites excluding steroid dienone is 2. The van der Waals surface area contributed by atoms with E-state index in [0.29, 0.717) is 6.04 Å². The molecular formula is C10H15N. The average Bonchev–Trinajstić information content (AvgIpc) is 2.46. The monoisotopic (exact) mass is 149 g/mol. The van der Waals surface area contributed by atoms with Gasteiger partial charge in [0.2, 0.25) is 0 Å². The second-order valence-electron chi connectivity index (χ2n) is 3.43. The molecule has 2 aliphatic carbocycles. The molecule has 1 saturated carbocycles. The van der Waals surface area contributed by atoms with Crippen molar-refractivity contribution in [2.75, 3.05) is 7.05 Å². The van der Waals surface area contributed by atoms with Gasteiger partial charge in [0.25, 0.3) is 0 Å². The summed E-state index contributed by atoms with van der Waals surface area (Å²) in [6, 6.07) is 0.714. The fourth-order valence-electron chi connectivity index (χ4n) is 2.01. The first kappa shape index (κ1) is 7.11. The van der Waals surface area contributed by atoms with Crippen molar-refractivity contribution in [2.45, 2.75) is 31.7 Å². The topological polar surface area (TPSA) is 12.0 Å². The lowest BCUT2D eigenvalue weighted by molar-refractivity contribution is 0.603. The van der Waals surface area contributed by atoms with Crippen molar-refractivity contribution in [3.63, 3.8) is 0 Å². The summed E-state index contributed by atoms with van der Waals surface area (Å²) in [7, 11) is 2.06. The van der Waals surface area contributed by atoms with E-state index < -0.39 is 0 Å². The van der Waals surface area contributed by atoms with E-state index in [2.05, 4.69) is 24.5 Å². The summed E-state index contributed by atoms with van der Waals surface area (Å²) >= 11 is 0. The van der Waals surface area contributed by atoms with E-state index >= 15 is 0 Å². The first-order valence-corrected chi connectivity index (χ1v) is 4.46. The summed E-state index contributed by atoms with van der Waals surface area (Å²) in [6.45, 7) is 0. The Bertz CT molecular complexity index is 191. The Morgan fingerprint density at radius 3 is 2.18 bits per heavy atom.